The molecule has 0 radical (unpaired) electrons. The Bertz CT molecular complexity index is 1340. The Kier molecular flexibility index (Phi) is 5.24. The van der Waals surface area contributed by atoms with Crippen molar-refractivity contribution in [2.75, 3.05) is 13.1 Å². The maximum absolute atomic E-state index is 11.9. The van der Waals surface area contributed by atoms with Crippen molar-refractivity contribution >= 4 is 32.5 Å². The standard InChI is InChI=1S/C24H25N3O3S/c1-4-16-11-21(28)30-19-12-17(7-8-18(16)19)29-23-22-14(2)15(3)31-24(22)26-20(25-23)13-27-9-5-6-10-27/h7-8,11-12H,4-6,9-10,13H2,1-3H3. The van der Waals surface area contributed by atoms with Gasteiger partial charge in [0.25, 0.3) is 0 Å². The van der Waals surface area contributed by atoms with Crippen LogP contribution in [-0.4, -0.2) is 28.0 Å². The van der Waals surface area contributed by atoms with Crippen LogP contribution in [0.3, 0.4) is 0 Å². The number of rotatable bonds is 5. The highest BCUT2D eigenvalue weighted by Gasteiger charge is 2.19. The minimum absolute atomic E-state index is 0.344. The fraction of sp³-hybridized carbons (Fsp3) is 0.375. The second-order valence-corrected chi connectivity index (χ2v) is 9.30. The average molecular weight is 436 g/mol. The number of aryl methyl sites for hydroxylation is 3. The van der Waals surface area contributed by atoms with Crippen LogP contribution >= 0.6 is 11.3 Å². The van der Waals surface area contributed by atoms with Crippen molar-refractivity contribution in [3.63, 3.8) is 0 Å². The molecule has 0 spiro atoms. The minimum atomic E-state index is -0.344. The van der Waals surface area contributed by atoms with E-state index in [0.717, 1.165) is 58.6 Å². The number of nitrogens with zero attached hydrogens (tertiary/aromatic N) is 3. The molecule has 1 fully saturated rings. The zero-order valence-electron chi connectivity index (χ0n) is 18.0. The first-order valence-electron chi connectivity index (χ1n) is 10.8. The van der Waals surface area contributed by atoms with Crippen molar-refractivity contribution in [3.05, 3.63) is 56.5 Å². The highest BCUT2D eigenvalue weighted by molar-refractivity contribution is 7.18. The molecule has 160 valence electrons. The Hall–Kier alpha value is -2.77. The van der Waals surface area contributed by atoms with E-state index in [1.807, 2.05) is 19.1 Å². The summed E-state index contributed by atoms with van der Waals surface area (Å²) in [6.45, 7) is 9.11. The summed E-state index contributed by atoms with van der Waals surface area (Å²) in [4.78, 5) is 26.1. The number of ether oxygens (including phenoxy) is 1. The van der Waals surface area contributed by atoms with Gasteiger partial charge in [-0.15, -0.1) is 11.3 Å². The topological polar surface area (TPSA) is 68.5 Å². The van der Waals surface area contributed by atoms with Gasteiger partial charge in [-0.1, -0.05) is 6.92 Å². The molecular formula is C24H25N3O3S. The van der Waals surface area contributed by atoms with Gasteiger partial charge in [-0.25, -0.2) is 9.78 Å². The summed E-state index contributed by atoms with van der Waals surface area (Å²) in [7, 11) is 0. The van der Waals surface area contributed by atoms with Gasteiger partial charge in [0.15, 0.2) is 0 Å². The lowest BCUT2D eigenvalue weighted by Crippen LogP contribution is -2.20. The van der Waals surface area contributed by atoms with E-state index in [4.69, 9.17) is 19.1 Å². The lowest BCUT2D eigenvalue weighted by Gasteiger charge is -2.14. The molecule has 5 rings (SSSR count). The third-order valence-electron chi connectivity index (χ3n) is 6.00. The van der Waals surface area contributed by atoms with Gasteiger partial charge in [0.05, 0.1) is 11.9 Å². The molecular weight excluding hydrogens is 410 g/mol. The lowest BCUT2D eigenvalue weighted by atomic mass is 10.1. The van der Waals surface area contributed by atoms with Crippen LogP contribution in [0.25, 0.3) is 21.2 Å². The van der Waals surface area contributed by atoms with Crippen molar-refractivity contribution < 1.29 is 9.15 Å². The van der Waals surface area contributed by atoms with Crippen LogP contribution in [0.15, 0.2) is 33.5 Å². The predicted octanol–water partition coefficient (Wildman–Crippen LogP) is 5.37. The second-order valence-electron chi connectivity index (χ2n) is 8.10. The molecule has 1 aliphatic heterocycles. The number of likely N-dealkylation sites (tertiary alicyclic amines) is 1. The fourth-order valence-corrected chi connectivity index (χ4v) is 5.26. The zero-order valence-corrected chi connectivity index (χ0v) is 18.8. The Morgan fingerprint density at radius 1 is 1.16 bits per heavy atom. The molecule has 0 N–H and O–H groups in total. The molecule has 3 aromatic heterocycles. The van der Waals surface area contributed by atoms with Crippen LogP contribution in [0.5, 0.6) is 11.6 Å². The average Bonchev–Trinajstić information content (AvgIpc) is 3.35. The first-order valence-corrected chi connectivity index (χ1v) is 11.6. The van der Waals surface area contributed by atoms with Crippen molar-refractivity contribution in [2.45, 2.75) is 46.6 Å². The molecule has 4 heterocycles. The van der Waals surface area contributed by atoms with Crippen molar-refractivity contribution in [3.8, 4) is 11.6 Å². The molecule has 7 heteroatoms. The lowest BCUT2D eigenvalue weighted by molar-refractivity contribution is 0.321. The van der Waals surface area contributed by atoms with Gasteiger partial charge in [-0.05, 0) is 69.5 Å². The van der Waals surface area contributed by atoms with Crippen LogP contribution in [-0.2, 0) is 13.0 Å². The van der Waals surface area contributed by atoms with E-state index in [9.17, 15) is 4.79 Å². The van der Waals surface area contributed by atoms with E-state index in [1.54, 1.807) is 23.5 Å². The highest BCUT2D eigenvalue weighted by Crippen LogP contribution is 2.37. The molecule has 0 unspecified atom stereocenters. The summed E-state index contributed by atoms with van der Waals surface area (Å²) in [5.74, 6) is 1.94. The number of thiophene rings is 1. The molecule has 0 saturated carbocycles. The van der Waals surface area contributed by atoms with Crippen LogP contribution in [0, 0.1) is 13.8 Å². The molecule has 31 heavy (non-hydrogen) atoms. The molecule has 4 aromatic rings. The van der Waals surface area contributed by atoms with Gasteiger partial charge >= 0.3 is 5.63 Å². The van der Waals surface area contributed by atoms with Crippen molar-refractivity contribution in [2.24, 2.45) is 0 Å². The van der Waals surface area contributed by atoms with Gasteiger partial charge in [0.1, 0.15) is 22.0 Å². The molecule has 1 saturated heterocycles. The van der Waals surface area contributed by atoms with Crippen LogP contribution in [0.1, 0.15) is 41.6 Å². The van der Waals surface area contributed by atoms with Crippen LogP contribution < -0.4 is 10.4 Å². The Labute approximate surface area is 184 Å². The van der Waals surface area contributed by atoms with Gasteiger partial charge in [-0.2, -0.15) is 4.98 Å². The third-order valence-corrected chi connectivity index (χ3v) is 7.10. The van der Waals surface area contributed by atoms with Gasteiger partial charge < -0.3 is 9.15 Å². The molecule has 6 nitrogen and oxygen atoms in total. The van der Waals surface area contributed by atoms with E-state index in [0.29, 0.717) is 17.2 Å². The minimum Gasteiger partial charge on any atom is -0.438 e. The molecule has 0 bridgehead atoms. The monoisotopic (exact) mass is 435 g/mol. The van der Waals surface area contributed by atoms with E-state index >= 15 is 0 Å². The second kappa shape index (κ2) is 8.05. The fourth-order valence-electron chi connectivity index (χ4n) is 4.22. The summed E-state index contributed by atoms with van der Waals surface area (Å²) in [5.41, 5.74) is 2.30. The van der Waals surface area contributed by atoms with E-state index in [2.05, 4.69) is 18.7 Å². The van der Waals surface area contributed by atoms with Crippen LogP contribution in [0.4, 0.5) is 0 Å². The quantitative estimate of drug-likeness (QED) is 0.393. The van der Waals surface area contributed by atoms with E-state index in [-0.39, 0.29) is 5.63 Å². The maximum atomic E-state index is 11.9. The summed E-state index contributed by atoms with van der Waals surface area (Å²) < 4.78 is 11.7. The number of aromatic nitrogens is 2. The van der Waals surface area contributed by atoms with Gasteiger partial charge in [0, 0.05) is 22.4 Å². The van der Waals surface area contributed by atoms with E-state index < -0.39 is 0 Å². The number of hydrogen-bond acceptors (Lipinski definition) is 7. The largest absolute Gasteiger partial charge is 0.438 e. The number of hydrogen-bond donors (Lipinski definition) is 0. The van der Waals surface area contributed by atoms with Crippen molar-refractivity contribution in [1.29, 1.82) is 0 Å². The van der Waals surface area contributed by atoms with E-state index in [1.165, 1.54) is 17.7 Å². The predicted molar refractivity (Wildman–Crippen MR) is 123 cm³/mol. The summed E-state index contributed by atoms with van der Waals surface area (Å²) >= 11 is 1.68. The Morgan fingerprint density at radius 2 is 1.97 bits per heavy atom. The number of benzene rings is 1. The third kappa shape index (κ3) is 3.83. The molecule has 0 atom stereocenters. The normalized spacial score (nSPS) is 14.7. The molecule has 0 amide bonds. The smallest absolute Gasteiger partial charge is 0.336 e. The molecule has 0 aliphatic carbocycles. The Balaban J connectivity index is 1.57. The first kappa shape index (κ1) is 20.2. The highest BCUT2D eigenvalue weighted by atomic mass is 32.1. The molecule has 1 aliphatic rings. The maximum Gasteiger partial charge on any atom is 0.336 e. The zero-order chi connectivity index (χ0) is 21.5. The van der Waals surface area contributed by atoms with Crippen molar-refractivity contribution in [1.82, 2.24) is 14.9 Å². The van der Waals surface area contributed by atoms with Gasteiger partial charge in [-0.3, -0.25) is 4.90 Å². The molecule has 1 aromatic carbocycles. The SMILES string of the molecule is CCc1cc(=O)oc2cc(Oc3nc(CN4CCCC4)nc4sc(C)c(C)c34)ccc12. The Morgan fingerprint density at radius 3 is 2.74 bits per heavy atom. The summed E-state index contributed by atoms with van der Waals surface area (Å²) in [5, 5.41) is 1.89. The summed E-state index contributed by atoms with van der Waals surface area (Å²) in [6.07, 6.45) is 3.22. The first-order chi connectivity index (χ1) is 15.0. The van der Waals surface area contributed by atoms with Gasteiger partial charge in [0.2, 0.25) is 5.88 Å². The van der Waals surface area contributed by atoms with Crippen LogP contribution in [0.2, 0.25) is 0 Å². The summed E-state index contributed by atoms with van der Waals surface area (Å²) in [6, 6.07) is 7.18. The number of fused-ring (bicyclic) bond motifs is 2.